The van der Waals surface area contributed by atoms with Crippen molar-refractivity contribution in [3.8, 4) is 5.69 Å². The van der Waals surface area contributed by atoms with E-state index in [9.17, 15) is 4.79 Å². The zero-order valence-electron chi connectivity index (χ0n) is 17.6. The number of para-hydroxylation sites is 1. The Morgan fingerprint density at radius 3 is 2.30 bits per heavy atom. The molecule has 1 aromatic heterocycles. The van der Waals surface area contributed by atoms with E-state index in [4.69, 9.17) is 11.6 Å². The van der Waals surface area contributed by atoms with Gasteiger partial charge in [-0.1, -0.05) is 29.8 Å². The molecule has 2 fully saturated rings. The lowest BCUT2D eigenvalue weighted by Crippen LogP contribution is -2.49. The average Bonchev–Trinajstić information content (AvgIpc) is 3.39. The minimum Gasteiger partial charge on any atom is -0.337 e. The molecule has 30 heavy (non-hydrogen) atoms. The molecule has 0 atom stereocenters. The van der Waals surface area contributed by atoms with Crippen LogP contribution in [0.2, 0.25) is 5.15 Å². The van der Waals surface area contributed by atoms with Crippen molar-refractivity contribution in [1.29, 1.82) is 0 Å². The second kappa shape index (κ2) is 9.77. The summed E-state index contributed by atoms with van der Waals surface area (Å²) in [5, 5.41) is 5.05. The molecule has 3 heterocycles. The van der Waals surface area contributed by atoms with E-state index in [1.165, 1.54) is 25.9 Å². The van der Waals surface area contributed by atoms with Gasteiger partial charge in [0.2, 0.25) is 5.91 Å². The minimum absolute atomic E-state index is 0.0390. The number of nitrogens with zero attached hydrogens (tertiary/aromatic N) is 5. The number of hydrogen-bond acceptors (Lipinski definition) is 4. The van der Waals surface area contributed by atoms with E-state index in [-0.39, 0.29) is 5.91 Å². The molecule has 2 aliphatic heterocycles. The summed E-state index contributed by atoms with van der Waals surface area (Å²) in [4.78, 5) is 19.6. The predicted octanol–water partition coefficient (Wildman–Crippen LogP) is 3.09. The lowest BCUT2D eigenvalue weighted by molar-refractivity contribution is -0.127. The largest absolute Gasteiger partial charge is 0.337 e. The van der Waals surface area contributed by atoms with Crippen LogP contribution in [0.15, 0.2) is 36.4 Å². The summed E-state index contributed by atoms with van der Waals surface area (Å²) in [5.41, 5.74) is 2.50. The maximum absolute atomic E-state index is 12.7. The third-order valence-corrected chi connectivity index (χ3v) is 6.42. The van der Waals surface area contributed by atoms with Crippen LogP contribution < -0.4 is 0 Å². The van der Waals surface area contributed by atoms with Crippen LogP contribution in [0.3, 0.4) is 0 Å². The number of likely N-dealkylation sites (tertiary alicyclic amines) is 1. The quantitative estimate of drug-likeness (QED) is 0.664. The molecule has 0 radical (unpaired) electrons. The highest BCUT2D eigenvalue weighted by atomic mass is 35.5. The van der Waals surface area contributed by atoms with Gasteiger partial charge in [-0.05, 0) is 51.1 Å². The van der Waals surface area contributed by atoms with Gasteiger partial charge in [0, 0.05) is 50.9 Å². The van der Waals surface area contributed by atoms with Crippen molar-refractivity contribution < 1.29 is 4.79 Å². The average molecular weight is 428 g/mol. The fourth-order valence-corrected chi connectivity index (χ4v) is 4.52. The van der Waals surface area contributed by atoms with Crippen LogP contribution >= 0.6 is 11.6 Å². The second-order valence-corrected chi connectivity index (χ2v) is 8.44. The van der Waals surface area contributed by atoms with E-state index in [2.05, 4.69) is 14.9 Å². The Labute approximate surface area is 183 Å². The third-order valence-electron chi connectivity index (χ3n) is 6.06. The predicted molar refractivity (Wildman–Crippen MR) is 121 cm³/mol. The highest BCUT2D eigenvalue weighted by Gasteiger charge is 2.21. The van der Waals surface area contributed by atoms with E-state index in [1.54, 1.807) is 16.8 Å². The monoisotopic (exact) mass is 427 g/mol. The van der Waals surface area contributed by atoms with Crippen LogP contribution in [0.25, 0.3) is 11.8 Å². The number of aryl methyl sites for hydroxylation is 1. The molecule has 0 N–H and O–H groups in total. The molecule has 1 amide bonds. The summed E-state index contributed by atoms with van der Waals surface area (Å²) in [6.07, 6.45) is 6.10. The Bertz CT molecular complexity index is 880. The molecular weight excluding hydrogens is 398 g/mol. The fourth-order valence-electron chi connectivity index (χ4n) is 4.18. The van der Waals surface area contributed by atoms with Crippen LogP contribution in [0.1, 0.15) is 24.1 Å². The summed E-state index contributed by atoms with van der Waals surface area (Å²) in [6.45, 7) is 10.1. The summed E-state index contributed by atoms with van der Waals surface area (Å²) in [5.74, 6) is 0.0390. The zero-order valence-corrected chi connectivity index (χ0v) is 18.4. The van der Waals surface area contributed by atoms with Crippen LogP contribution in [-0.2, 0) is 4.79 Å². The van der Waals surface area contributed by atoms with Crippen molar-refractivity contribution >= 4 is 23.6 Å². The van der Waals surface area contributed by atoms with Gasteiger partial charge in [-0.3, -0.25) is 9.69 Å². The van der Waals surface area contributed by atoms with Crippen LogP contribution in [-0.4, -0.2) is 82.7 Å². The molecule has 1 aromatic carbocycles. The van der Waals surface area contributed by atoms with Gasteiger partial charge < -0.3 is 9.80 Å². The number of carbonyl (C=O) groups excluding carboxylic acids is 1. The highest BCUT2D eigenvalue weighted by molar-refractivity contribution is 6.31. The molecule has 160 valence electrons. The fraction of sp³-hybridized carbons (Fsp3) is 0.478. The van der Waals surface area contributed by atoms with Crippen molar-refractivity contribution in [1.82, 2.24) is 24.5 Å². The molecule has 0 saturated carbocycles. The van der Waals surface area contributed by atoms with E-state index in [0.29, 0.717) is 5.15 Å². The van der Waals surface area contributed by atoms with Crippen LogP contribution in [0.4, 0.5) is 0 Å². The first-order chi connectivity index (χ1) is 14.6. The van der Waals surface area contributed by atoms with Crippen molar-refractivity contribution in [2.24, 2.45) is 0 Å². The zero-order chi connectivity index (χ0) is 20.9. The SMILES string of the molecule is Cc1nn(-c2ccccc2)c(Cl)c1/C=C/C(=O)N1CCN(CCN2CCCC2)CC1. The van der Waals surface area contributed by atoms with E-state index >= 15 is 0 Å². The number of amides is 1. The number of piperazine rings is 1. The minimum atomic E-state index is 0.0390. The Balaban J connectivity index is 1.32. The Morgan fingerprint density at radius 1 is 1.00 bits per heavy atom. The molecular formula is C23H30ClN5O. The first-order valence-electron chi connectivity index (χ1n) is 10.8. The number of aromatic nitrogens is 2. The van der Waals surface area contributed by atoms with Gasteiger partial charge in [0.05, 0.1) is 11.4 Å². The van der Waals surface area contributed by atoms with Gasteiger partial charge >= 0.3 is 0 Å². The maximum atomic E-state index is 12.7. The van der Waals surface area contributed by atoms with Crippen molar-refractivity contribution in [3.63, 3.8) is 0 Å². The van der Waals surface area contributed by atoms with Gasteiger partial charge in [0.15, 0.2) is 0 Å². The Hall–Kier alpha value is -2.15. The number of benzene rings is 1. The maximum Gasteiger partial charge on any atom is 0.246 e. The van der Waals surface area contributed by atoms with E-state index in [0.717, 1.165) is 56.2 Å². The summed E-state index contributed by atoms with van der Waals surface area (Å²) in [6, 6.07) is 9.78. The van der Waals surface area contributed by atoms with Gasteiger partial charge in [0.25, 0.3) is 0 Å². The normalized spacial score (nSPS) is 18.5. The van der Waals surface area contributed by atoms with Crippen LogP contribution in [0, 0.1) is 6.92 Å². The molecule has 0 unspecified atom stereocenters. The molecule has 0 aliphatic carbocycles. The topological polar surface area (TPSA) is 44.6 Å². The summed E-state index contributed by atoms with van der Waals surface area (Å²) < 4.78 is 1.71. The van der Waals surface area contributed by atoms with E-state index < -0.39 is 0 Å². The number of hydrogen-bond donors (Lipinski definition) is 0. The van der Waals surface area contributed by atoms with Crippen LogP contribution in [0.5, 0.6) is 0 Å². The molecule has 0 spiro atoms. The van der Waals surface area contributed by atoms with Crippen molar-refractivity contribution in [3.05, 3.63) is 52.8 Å². The second-order valence-electron chi connectivity index (χ2n) is 8.09. The summed E-state index contributed by atoms with van der Waals surface area (Å²) in [7, 11) is 0. The smallest absolute Gasteiger partial charge is 0.246 e. The molecule has 2 aromatic rings. The van der Waals surface area contributed by atoms with Crippen molar-refractivity contribution in [2.45, 2.75) is 19.8 Å². The summed E-state index contributed by atoms with van der Waals surface area (Å²) >= 11 is 6.55. The lowest BCUT2D eigenvalue weighted by Gasteiger charge is -2.35. The number of halogens is 1. The molecule has 6 nitrogen and oxygen atoms in total. The molecule has 7 heteroatoms. The van der Waals surface area contributed by atoms with Gasteiger partial charge in [-0.25, -0.2) is 4.68 Å². The Morgan fingerprint density at radius 2 is 1.63 bits per heavy atom. The van der Waals surface area contributed by atoms with Gasteiger partial charge in [-0.2, -0.15) is 5.10 Å². The van der Waals surface area contributed by atoms with E-state index in [1.807, 2.05) is 42.2 Å². The van der Waals surface area contributed by atoms with Gasteiger partial charge in [-0.15, -0.1) is 0 Å². The standard InChI is InChI=1S/C23H30ClN5O/c1-19-21(23(24)29(25-19)20-7-3-2-4-8-20)9-10-22(30)28-17-15-27(16-18-28)14-13-26-11-5-6-12-26/h2-4,7-10H,5-6,11-18H2,1H3/b10-9+. The number of rotatable bonds is 6. The van der Waals surface area contributed by atoms with Crippen molar-refractivity contribution in [2.75, 3.05) is 52.4 Å². The molecule has 2 aliphatic rings. The molecule has 2 saturated heterocycles. The molecule has 4 rings (SSSR count). The number of carbonyl (C=O) groups is 1. The third kappa shape index (κ3) is 4.94. The lowest BCUT2D eigenvalue weighted by atomic mass is 10.2. The molecule has 0 bridgehead atoms. The first kappa shape index (κ1) is 21.1. The first-order valence-corrected chi connectivity index (χ1v) is 11.2. The highest BCUT2D eigenvalue weighted by Crippen LogP contribution is 2.24. The van der Waals surface area contributed by atoms with Gasteiger partial charge in [0.1, 0.15) is 5.15 Å². The Kier molecular flexibility index (Phi) is 6.87.